The lowest BCUT2D eigenvalue weighted by molar-refractivity contribution is 0.600. The van der Waals surface area contributed by atoms with Crippen molar-refractivity contribution in [1.29, 1.82) is 0 Å². The van der Waals surface area contributed by atoms with Crippen molar-refractivity contribution in [2.75, 3.05) is 4.72 Å². The van der Waals surface area contributed by atoms with Crippen LogP contribution in [0.5, 0.6) is 0 Å². The SMILES string of the molecule is Cc1ccc(Cl)cc1S(=O)(=O)Nc1nccc(Cl)n1. The molecule has 0 saturated carbocycles. The first kappa shape index (κ1) is 14.0. The van der Waals surface area contributed by atoms with Crippen LogP contribution in [-0.4, -0.2) is 18.4 Å². The van der Waals surface area contributed by atoms with E-state index in [9.17, 15) is 8.42 Å². The third kappa shape index (κ3) is 3.34. The molecule has 1 aromatic carbocycles. The van der Waals surface area contributed by atoms with Gasteiger partial charge in [-0.05, 0) is 30.7 Å². The predicted octanol–water partition coefficient (Wildman–Crippen LogP) is 2.89. The van der Waals surface area contributed by atoms with Gasteiger partial charge in [-0.25, -0.2) is 23.1 Å². The molecule has 0 fully saturated rings. The summed E-state index contributed by atoms with van der Waals surface area (Å²) in [5.41, 5.74) is 0.568. The van der Waals surface area contributed by atoms with Crippen molar-refractivity contribution >= 4 is 39.2 Å². The molecule has 0 aliphatic carbocycles. The molecule has 2 rings (SSSR count). The summed E-state index contributed by atoms with van der Waals surface area (Å²) < 4.78 is 26.6. The third-order valence-corrected chi connectivity index (χ3v) is 4.20. The molecule has 0 atom stereocenters. The average molecular weight is 318 g/mol. The van der Waals surface area contributed by atoms with Crippen molar-refractivity contribution in [3.63, 3.8) is 0 Å². The van der Waals surface area contributed by atoms with Crippen molar-refractivity contribution < 1.29 is 8.42 Å². The summed E-state index contributed by atoms with van der Waals surface area (Å²) in [7, 11) is -3.80. The van der Waals surface area contributed by atoms with E-state index in [0.29, 0.717) is 10.6 Å². The summed E-state index contributed by atoms with van der Waals surface area (Å²) in [5.74, 6) is -0.0909. The minimum Gasteiger partial charge on any atom is -0.247 e. The van der Waals surface area contributed by atoms with E-state index in [0.717, 1.165) is 0 Å². The molecular weight excluding hydrogens is 309 g/mol. The number of aromatic nitrogens is 2. The van der Waals surface area contributed by atoms with Crippen LogP contribution in [-0.2, 0) is 10.0 Å². The highest BCUT2D eigenvalue weighted by Gasteiger charge is 2.18. The number of nitrogens with zero attached hydrogens (tertiary/aromatic N) is 2. The molecule has 0 bridgehead atoms. The van der Waals surface area contributed by atoms with Gasteiger partial charge in [-0.2, -0.15) is 0 Å². The molecule has 1 heterocycles. The van der Waals surface area contributed by atoms with Crippen LogP contribution in [0.25, 0.3) is 0 Å². The van der Waals surface area contributed by atoms with E-state index in [4.69, 9.17) is 23.2 Å². The maximum Gasteiger partial charge on any atom is 0.264 e. The molecule has 0 saturated heterocycles. The normalized spacial score (nSPS) is 11.3. The summed E-state index contributed by atoms with van der Waals surface area (Å²) in [6.45, 7) is 1.67. The van der Waals surface area contributed by atoms with Gasteiger partial charge in [0.15, 0.2) is 0 Å². The maximum atomic E-state index is 12.2. The van der Waals surface area contributed by atoms with Crippen molar-refractivity contribution in [2.24, 2.45) is 0 Å². The van der Waals surface area contributed by atoms with E-state index in [1.807, 2.05) is 0 Å². The lowest BCUT2D eigenvalue weighted by Gasteiger charge is -2.09. The first-order chi connectivity index (χ1) is 8.88. The van der Waals surface area contributed by atoms with Gasteiger partial charge in [-0.15, -0.1) is 0 Å². The lowest BCUT2D eigenvalue weighted by Crippen LogP contribution is -2.16. The van der Waals surface area contributed by atoms with Crippen LogP contribution in [0.15, 0.2) is 35.4 Å². The summed E-state index contributed by atoms with van der Waals surface area (Å²) in [5, 5.41) is 0.480. The summed E-state index contributed by atoms with van der Waals surface area (Å²) in [4.78, 5) is 7.62. The largest absolute Gasteiger partial charge is 0.264 e. The minimum absolute atomic E-state index is 0.0728. The number of aryl methyl sites for hydroxylation is 1. The number of sulfonamides is 1. The van der Waals surface area contributed by atoms with Gasteiger partial charge in [-0.1, -0.05) is 29.3 Å². The van der Waals surface area contributed by atoms with Crippen LogP contribution in [0.2, 0.25) is 10.2 Å². The Balaban J connectivity index is 2.40. The quantitative estimate of drug-likeness (QED) is 0.883. The van der Waals surface area contributed by atoms with Gasteiger partial charge in [0, 0.05) is 11.2 Å². The predicted molar refractivity (Wildman–Crippen MR) is 74.0 cm³/mol. The Hall–Kier alpha value is -1.37. The third-order valence-electron chi connectivity index (χ3n) is 2.29. The minimum atomic E-state index is -3.80. The summed E-state index contributed by atoms with van der Waals surface area (Å²) in [6, 6.07) is 6.05. The Kier molecular flexibility index (Phi) is 3.93. The highest BCUT2D eigenvalue weighted by Crippen LogP contribution is 2.22. The lowest BCUT2D eigenvalue weighted by atomic mass is 10.2. The van der Waals surface area contributed by atoms with Gasteiger partial charge in [0.1, 0.15) is 5.15 Å². The fourth-order valence-electron chi connectivity index (χ4n) is 1.42. The van der Waals surface area contributed by atoms with Gasteiger partial charge in [-0.3, -0.25) is 0 Å². The van der Waals surface area contributed by atoms with Gasteiger partial charge < -0.3 is 0 Å². The fraction of sp³-hybridized carbons (Fsp3) is 0.0909. The molecule has 0 aliphatic rings. The topological polar surface area (TPSA) is 72.0 Å². The first-order valence-corrected chi connectivity index (χ1v) is 7.40. The Labute approximate surface area is 120 Å². The standard InChI is InChI=1S/C11H9Cl2N3O2S/c1-7-2-3-8(12)6-9(7)19(17,18)16-11-14-5-4-10(13)15-11/h2-6H,1H3,(H,14,15,16). The number of rotatable bonds is 3. The van der Waals surface area contributed by atoms with Crippen LogP contribution in [0.3, 0.4) is 0 Å². The second-order valence-corrected chi connectivity index (χ2v) is 6.19. The zero-order chi connectivity index (χ0) is 14.0. The molecule has 0 aliphatic heterocycles. The molecule has 100 valence electrons. The van der Waals surface area contributed by atoms with Crippen LogP contribution >= 0.6 is 23.2 Å². The van der Waals surface area contributed by atoms with Crippen molar-refractivity contribution in [3.8, 4) is 0 Å². The fourth-order valence-corrected chi connectivity index (χ4v) is 3.02. The zero-order valence-electron chi connectivity index (χ0n) is 9.76. The van der Waals surface area contributed by atoms with E-state index in [1.54, 1.807) is 19.1 Å². The Morgan fingerprint density at radius 1 is 1.21 bits per heavy atom. The summed E-state index contributed by atoms with van der Waals surface area (Å²) in [6.07, 6.45) is 1.36. The highest BCUT2D eigenvalue weighted by molar-refractivity contribution is 7.92. The van der Waals surface area contributed by atoms with Gasteiger partial charge >= 0.3 is 0 Å². The van der Waals surface area contributed by atoms with E-state index in [2.05, 4.69) is 14.7 Å². The van der Waals surface area contributed by atoms with Crippen molar-refractivity contribution in [2.45, 2.75) is 11.8 Å². The van der Waals surface area contributed by atoms with Crippen molar-refractivity contribution in [1.82, 2.24) is 9.97 Å². The number of hydrogen-bond acceptors (Lipinski definition) is 4. The number of anilines is 1. The molecule has 0 amide bonds. The second kappa shape index (κ2) is 5.32. The Morgan fingerprint density at radius 3 is 2.63 bits per heavy atom. The zero-order valence-corrected chi connectivity index (χ0v) is 12.1. The molecule has 0 radical (unpaired) electrons. The van der Waals surface area contributed by atoms with Crippen LogP contribution in [0.1, 0.15) is 5.56 Å². The molecular formula is C11H9Cl2N3O2S. The number of hydrogen-bond donors (Lipinski definition) is 1. The second-order valence-electron chi connectivity index (χ2n) is 3.72. The van der Waals surface area contributed by atoms with Gasteiger partial charge in [0.25, 0.3) is 10.0 Å². The maximum absolute atomic E-state index is 12.2. The molecule has 5 nitrogen and oxygen atoms in total. The first-order valence-electron chi connectivity index (χ1n) is 5.16. The molecule has 0 unspecified atom stereocenters. The average Bonchev–Trinajstić information content (AvgIpc) is 2.31. The monoisotopic (exact) mass is 317 g/mol. The van der Waals surface area contributed by atoms with Crippen LogP contribution in [0, 0.1) is 6.92 Å². The number of benzene rings is 1. The molecule has 2 aromatic rings. The van der Waals surface area contributed by atoms with Crippen molar-refractivity contribution in [3.05, 3.63) is 46.2 Å². The van der Waals surface area contributed by atoms with Crippen LogP contribution < -0.4 is 4.72 Å². The van der Waals surface area contributed by atoms with Crippen LogP contribution in [0.4, 0.5) is 5.95 Å². The molecule has 19 heavy (non-hydrogen) atoms. The van der Waals surface area contributed by atoms with E-state index in [1.165, 1.54) is 18.3 Å². The summed E-state index contributed by atoms with van der Waals surface area (Å²) >= 11 is 11.5. The highest BCUT2D eigenvalue weighted by atomic mass is 35.5. The van der Waals surface area contributed by atoms with Gasteiger partial charge in [0.05, 0.1) is 4.90 Å². The number of halogens is 2. The molecule has 0 spiro atoms. The smallest absolute Gasteiger partial charge is 0.247 e. The van der Waals surface area contributed by atoms with Gasteiger partial charge in [0.2, 0.25) is 5.95 Å². The Bertz CT molecular complexity index is 720. The molecule has 1 aromatic heterocycles. The number of nitrogens with one attached hydrogen (secondary N) is 1. The van der Waals surface area contributed by atoms with E-state index < -0.39 is 10.0 Å². The van der Waals surface area contributed by atoms with E-state index >= 15 is 0 Å². The Morgan fingerprint density at radius 2 is 1.95 bits per heavy atom. The van der Waals surface area contributed by atoms with E-state index in [-0.39, 0.29) is 16.0 Å². The molecule has 1 N–H and O–H groups in total. The molecule has 8 heteroatoms.